The molecule has 0 spiro atoms. The molecule has 1 aromatic heterocycles. The van der Waals surface area contributed by atoms with E-state index in [2.05, 4.69) is 25.9 Å². The van der Waals surface area contributed by atoms with Gasteiger partial charge in [-0.15, -0.1) is 0 Å². The van der Waals surface area contributed by atoms with E-state index in [4.69, 9.17) is 0 Å². The number of aromatic amines is 1. The molecule has 2 rings (SSSR count). The maximum Gasteiger partial charge on any atom is 0.281 e. The average Bonchev–Trinajstić information content (AvgIpc) is 2.23. The van der Waals surface area contributed by atoms with Gasteiger partial charge in [0.25, 0.3) is 5.56 Å². The Kier molecular flexibility index (Phi) is 2.79. The van der Waals surface area contributed by atoms with Crippen LogP contribution in [0.15, 0.2) is 26.6 Å². The van der Waals surface area contributed by atoms with Crippen LogP contribution in [0, 0.1) is 5.82 Å². The van der Waals surface area contributed by atoms with E-state index in [1.165, 1.54) is 17.8 Å². The molecule has 78 valence electrons. The van der Waals surface area contributed by atoms with Crippen molar-refractivity contribution in [3.8, 4) is 0 Å². The lowest BCUT2D eigenvalue weighted by Crippen LogP contribution is -2.09. The highest BCUT2D eigenvalue weighted by Gasteiger charge is 2.10. The molecule has 0 aliphatic rings. The van der Waals surface area contributed by atoms with E-state index in [1.54, 1.807) is 12.3 Å². The molecule has 0 unspecified atom stereocenters. The number of halogens is 2. The van der Waals surface area contributed by atoms with Crippen molar-refractivity contribution in [1.29, 1.82) is 0 Å². The fraction of sp³-hybridized carbons (Fsp3) is 0.111. The molecule has 0 saturated heterocycles. The van der Waals surface area contributed by atoms with Crippen molar-refractivity contribution >= 4 is 38.6 Å². The zero-order valence-corrected chi connectivity index (χ0v) is 10.1. The summed E-state index contributed by atoms with van der Waals surface area (Å²) >= 11 is 4.33. The first-order valence-corrected chi connectivity index (χ1v) is 6.07. The maximum absolute atomic E-state index is 13.6. The number of benzene rings is 1. The van der Waals surface area contributed by atoms with Crippen LogP contribution in [-0.4, -0.2) is 16.2 Å². The number of H-pyrrole nitrogens is 1. The van der Waals surface area contributed by atoms with Gasteiger partial charge >= 0.3 is 0 Å². The zero-order chi connectivity index (χ0) is 11.0. The Morgan fingerprint density at radius 2 is 2.27 bits per heavy atom. The fourth-order valence-corrected chi connectivity index (χ4v) is 1.94. The summed E-state index contributed by atoms with van der Waals surface area (Å²) < 4.78 is 14.0. The number of nitrogens with one attached hydrogen (secondary N) is 1. The van der Waals surface area contributed by atoms with Crippen molar-refractivity contribution in [2.45, 2.75) is 5.16 Å². The van der Waals surface area contributed by atoms with Gasteiger partial charge in [-0.3, -0.25) is 4.79 Å². The Balaban J connectivity index is 2.93. The minimum Gasteiger partial charge on any atom is -0.331 e. The van der Waals surface area contributed by atoms with Gasteiger partial charge in [0.2, 0.25) is 0 Å². The van der Waals surface area contributed by atoms with Gasteiger partial charge in [0, 0.05) is 0 Å². The molecule has 1 N–H and O–H groups in total. The third-order valence-corrected chi connectivity index (χ3v) is 3.15. The minimum atomic E-state index is -0.470. The molecule has 0 atom stereocenters. The predicted molar refractivity (Wildman–Crippen MR) is 61.8 cm³/mol. The van der Waals surface area contributed by atoms with Crippen LogP contribution in [0.1, 0.15) is 0 Å². The summed E-state index contributed by atoms with van der Waals surface area (Å²) in [6, 6.07) is 3.03. The largest absolute Gasteiger partial charge is 0.331 e. The Labute approximate surface area is 97.2 Å². The van der Waals surface area contributed by atoms with Gasteiger partial charge < -0.3 is 4.98 Å². The normalized spacial score (nSPS) is 10.9. The number of nitrogens with zero attached hydrogens (tertiary/aromatic N) is 1. The van der Waals surface area contributed by atoms with Gasteiger partial charge in [-0.25, -0.2) is 4.39 Å². The lowest BCUT2D eigenvalue weighted by Gasteiger charge is -2.02. The lowest BCUT2D eigenvalue weighted by molar-refractivity contribution is 0.628. The molecule has 15 heavy (non-hydrogen) atoms. The van der Waals surface area contributed by atoms with E-state index >= 15 is 0 Å². The van der Waals surface area contributed by atoms with Gasteiger partial charge in [0.1, 0.15) is 0 Å². The van der Waals surface area contributed by atoms with Crippen LogP contribution in [0.4, 0.5) is 4.39 Å². The molecule has 0 aliphatic carbocycles. The number of hydrogen-bond acceptors (Lipinski definition) is 3. The van der Waals surface area contributed by atoms with E-state index in [9.17, 15) is 9.18 Å². The van der Waals surface area contributed by atoms with E-state index in [0.29, 0.717) is 9.63 Å². The molecule has 0 radical (unpaired) electrons. The van der Waals surface area contributed by atoms with E-state index in [0.717, 1.165) is 0 Å². The Hall–Kier alpha value is -0.880. The summed E-state index contributed by atoms with van der Waals surface area (Å²) in [6.45, 7) is 0. The minimum absolute atomic E-state index is 0.189. The van der Waals surface area contributed by atoms with Crippen molar-refractivity contribution in [1.82, 2.24) is 9.97 Å². The van der Waals surface area contributed by atoms with Crippen molar-refractivity contribution in [3.05, 3.63) is 32.8 Å². The smallest absolute Gasteiger partial charge is 0.281 e. The highest BCUT2D eigenvalue weighted by atomic mass is 79.9. The third-order valence-electron chi connectivity index (χ3n) is 1.95. The molecular weight excluding hydrogens is 283 g/mol. The van der Waals surface area contributed by atoms with E-state index < -0.39 is 11.4 Å². The molecule has 0 amide bonds. The van der Waals surface area contributed by atoms with Gasteiger partial charge in [-0.1, -0.05) is 11.8 Å². The topological polar surface area (TPSA) is 45.8 Å². The maximum atomic E-state index is 13.6. The van der Waals surface area contributed by atoms with Crippen molar-refractivity contribution < 1.29 is 4.39 Å². The van der Waals surface area contributed by atoms with Gasteiger partial charge in [0.15, 0.2) is 11.0 Å². The zero-order valence-electron chi connectivity index (χ0n) is 7.67. The van der Waals surface area contributed by atoms with Crippen LogP contribution in [0.25, 0.3) is 10.9 Å². The van der Waals surface area contributed by atoms with Crippen LogP contribution in [-0.2, 0) is 0 Å². The predicted octanol–water partition coefficient (Wildman–Crippen LogP) is 2.55. The summed E-state index contributed by atoms with van der Waals surface area (Å²) in [7, 11) is 0. The monoisotopic (exact) mass is 288 g/mol. The number of hydrogen-bond donors (Lipinski definition) is 1. The number of fused-ring (bicyclic) bond motifs is 1. The first-order chi connectivity index (χ1) is 7.13. The molecule has 6 heteroatoms. The van der Waals surface area contributed by atoms with E-state index in [-0.39, 0.29) is 10.9 Å². The van der Waals surface area contributed by atoms with Gasteiger partial charge in [0.05, 0.1) is 15.4 Å². The second-order valence-corrected chi connectivity index (χ2v) is 4.48. The molecule has 1 aromatic carbocycles. The number of rotatable bonds is 1. The van der Waals surface area contributed by atoms with Crippen molar-refractivity contribution in [2.24, 2.45) is 0 Å². The van der Waals surface area contributed by atoms with Crippen LogP contribution < -0.4 is 5.56 Å². The highest BCUT2D eigenvalue weighted by Crippen LogP contribution is 2.22. The van der Waals surface area contributed by atoms with Crippen LogP contribution >= 0.6 is 27.7 Å². The number of aromatic nitrogens is 2. The summed E-state index contributed by atoms with van der Waals surface area (Å²) in [6.07, 6.45) is 1.76. The summed E-state index contributed by atoms with van der Waals surface area (Å²) in [4.78, 5) is 18.0. The van der Waals surface area contributed by atoms with Gasteiger partial charge in [-0.2, -0.15) is 4.98 Å². The molecule has 1 heterocycles. The van der Waals surface area contributed by atoms with Crippen LogP contribution in [0.5, 0.6) is 0 Å². The summed E-state index contributed by atoms with van der Waals surface area (Å²) in [5.41, 5.74) is -0.228. The van der Waals surface area contributed by atoms with Crippen LogP contribution in [0.3, 0.4) is 0 Å². The van der Waals surface area contributed by atoms with Crippen molar-refractivity contribution in [2.75, 3.05) is 6.26 Å². The second kappa shape index (κ2) is 3.94. The quantitative estimate of drug-likeness (QED) is 0.648. The van der Waals surface area contributed by atoms with Crippen LogP contribution in [0.2, 0.25) is 0 Å². The van der Waals surface area contributed by atoms with Gasteiger partial charge in [-0.05, 0) is 34.3 Å². The summed E-state index contributed by atoms with van der Waals surface area (Å²) in [5, 5.41) is 0.665. The fourth-order valence-electron chi connectivity index (χ4n) is 1.24. The molecule has 2 aromatic rings. The second-order valence-electron chi connectivity index (χ2n) is 2.84. The first kappa shape index (κ1) is 10.6. The summed E-state index contributed by atoms with van der Waals surface area (Å²) in [5.74, 6) is -0.470. The van der Waals surface area contributed by atoms with E-state index in [1.807, 2.05) is 0 Å². The Bertz CT molecular complexity index is 584. The van der Waals surface area contributed by atoms with Crippen molar-refractivity contribution in [3.63, 3.8) is 0 Å². The Morgan fingerprint density at radius 1 is 1.53 bits per heavy atom. The highest BCUT2D eigenvalue weighted by molar-refractivity contribution is 9.10. The Morgan fingerprint density at radius 3 is 2.93 bits per heavy atom. The standard InChI is InChI=1S/C9H6BrFN2OS/c1-15-9-12-7-4(8(14)13-9)2-3-5(10)6(7)11/h2-3H,1H3,(H,12,13,14). The molecule has 0 aliphatic heterocycles. The number of thioether (sulfide) groups is 1. The average molecular weight is 289 g/mol. The molecule has 0 fully saturated rings. The third kappa shape index (κ3) is 1.79. The first-order valence-electron chi connectivity index (χ1n) is 4.05. The molecular formula is C9H6BrFN2OS. The molecule has 3 nitrogen and oxygen atoms in total. The molecule has 0 bridgehead atoms. The SMILES string of the molecule is CSc1nc(=O)c2ccc(Br)c(F)c2[nH]1. The molecule has 0 saturated carbocycles. The lowest BCUT2D eigenvalue weighted by atomic mass is 10.2.